The number of rotatable bonds is 6. The molecule has 1 amide bonds. The standard InChI is InChI=1S/C17H16ClN3O2S/c1-2-3-8-15-20-21-17(24-15)19-16(22)14-10-9-13(23-14)11-6-4-5-7-12(11)18/h4-7,9-10H,2-3,8H2,1H3,(H,19,21,22). The van der Waals surface area contributed by atoms with Crippen LogP contribution < -0.4 is 5.32 Å². The molecule has 2 aromatic heterocycles. The Morgan fingerprint density at radius 3 is 2.88 bits per heavy atom. The summed E-state index contributed by atoms with van der Waals surface area (Å²) in [7, 11) is 0. The zero-order chi connectivity index (χ0) is 16.9. The molecule has 3 rings (SSSR count). The number of aromatic nitrogens is 2. The number of anilines is 1. The van der Waals surface area contributed by atoms with Crippen molar-refractivity contribution in [3.05, 3.63) is 52.2 Å². The van der Waals surface area contributed by atoms with Gasteiger partial charge in [-0.15, -0.1) is 10.2 Å². The first-order valence-electron chi connectivity index (χ1n) is 7.66. The molecule has 0 radical (unpaired) electrons. The normalized spacial score (nSPS) is 10.8. The van der Waals surface area contributed by atoms with Gasteiger partial charge in [0, 0.05) is 12.0 Å². The highest BCUT2D eigenvalue weighted by Gasteiger charge is 2.15. The fourth-order valence-corrected chi connectivity index (χ4v) is 3.16. The molecule has 5 nitrogen and oxygen atoms in total. The van der Waals surface area contributed by atoms with Crippen LogP contribution >= 0.6 is 22.9 Å². The number of amides is 1. The zero-order valence-electron chi connectivity index (χ0n) is 13.1. The molecule has 24 heavy (non-hydrogen) atoms. The quantitative estimate of drug-likeness (QED) is 0.667. The van der Waals surface area contributed by atoms with E-state index in [0.717, 1.165) is 29.8 Å². The molecular weight excluding hydrogens is 346 g/mol. The van der Waals surface area contributed by atoms with Crippen LogP contribution in [0.1, 0.15) is 35.3 Å². The summed E-state index contributed by atoms with van der Waals surface area (Å²) in [5.41, 5.74) is 0.746. The molecule has 124 valence electrons. The molecule has 0 saturated heterocycles. The Bertz CT molecular complexity index is 844. The summed E-state index contributed by atoms with van der Waals surface area (Å²) in [4.78, 5) is 12.3. The van der Waals surface area contributed by atoms with Gasteiger partial charge in [-0.05, 0) is 30.7 Å². The first-order chi connectivity index (χ1) is 11.7. The maximum absolute atomic E-state index is 12.3. The monoisotopic (exact) mass is 361 g/mol. The first-order valence-corrected chi connectivity index (χ1v) is 8.85. The molecule has 0 fully saturated rings. The summed E-state index contributed by atoms with van der Waals surface area (Å²) >= 11 is 7.53. The number of carbonyl (C=O) groups excluding carboxylic acids is 1. The van der Waals surface area contributed by atoms with Crippen molar-refractivity contribution in [2.24, 2.45) is 0 Å². The minimum atomic E-state index is -0.355. The number of hydrogen-bond acceptors (Lipinski definition) is 5. The van der Waals surface area contributed by atoms with Gasteiger partial charge in [0.1, 0.15) is 10.8 Å². The predicted octanol–water partition coefficient (Wildman–Crippen LogP) is 5.05. The Hall–Kier alpha value is -2.18. The highest BCUT2D eigenvalue weighted by Crippen LogP contribution is 2.29. The number of hydrogen-bond donors (Lipinski definition) is 1. The molecule has 0 aliphatic heterocycles. The molecule has 0 atom stereocenters. The second-order valence-corrected chi connectivity index (χ2v) is 6.67. The average Bonchev–Trinajstić information content (AvgIpc) is 3.23. The number of nitrogens with zero attached hydrogens (tertiary/aromatic N) is 2. The minimum absolute atomic E-state index is 0.204. The Balaban J connectivity index is 1.70. The van der Waals surface area contributed by atoms with Crippen LogP contribution in [0.4, 0.5) is 5.13 Å². The average molecular weight is 362 g/mol. The zero-order valence-corrected chi connectivity index (χ0v) is 14.7. The van der Waals surface area contributed by atoms with Gasteiger partial charge in [0.05, 0.1) is 5.02 Å². The lowest BCUT2D eigenvalue weighted by Gasteiger charge is -2.00. The molecule has 0 aliphatic rings. The van der Waals surface area contributed by atoms with E-state index in [9.17, 15) is 4.79 Å². The van der Waals surface area contributed by atoms with Crippen LogP contribution in [0.2, 0.25) is 5.02 Å². The molecule has 7 heteroatoms. The van der Waals surface area contributed by atoms with Gasteiger partial charge in [-0.3, -0.25) is 10.1 Å². The fraction of sp³-hybridized carbons (Fsp3) is 0.235. The van der Waals surface area contributed by atoms with Gasteiger partial charge in [0.2, 0.25) is 5.13 Å². The van der Waals surface area contributed by atoms with Crippen LogP contribution in [0.5, 0.6) is 0 Å². The molecule has 1 aromatic carbocycles. The van der Waals surface area contributed by atoms with Crippen molar-refractivity contribution in [2.45, 2.75) is 26.2 Å². The molecule has 0 bridgehead atoms. The summed E-state index contributed by atoms with van der Waals surface area (Å²) in [6.07, 6.45) is 3.03. The van der Waals surface area contributed by atoms with Crippen LogP contribution in [0, 0.1) is 0 Å². The molecule has 0 spiro atoms. The summed E-state index contributed by atoms with van der Waals surface area (Å²) < 4.78 is 5.62. The first kappa shape index (κ1) is 16.7. The Morgan fingerprint density at radius 1 is 1.25 bits per heavy atom. The molecule has 0 aliphatic carbocycles. The van der Waals surface area contributed by atoms with E-state index in [1.807, 2.05) is 18.2 Å². The molecule has 2 heterocycles. The van der Waals surface area contributed by atoms with Crippen molar-refractivity contribution in [1.82, 2.24) is 10.2 Å². The summed E-state index contributed by atoms with van der Waals surface area (Å²) in [5, 5.41) is 12.7. The van der Waals surface area contributed by atoms with Gasteiger partial charge in [-0.25, -0.2) is 0 Å². The van der Waals surface area contributed by atoms with E-state index in [0.29, 0.717) is 15.9 Å². The summed E-state index contributed by atoms with van der Waals surface area (Å²) in [6, 6.07) is 10.7. The van der Waals surface area contributed by atoms with Crippen LogP contribution in [0.15, 0.2) is 40.8 Å². The third-order valence-electron chi connectivity index (χ3n) is 3.40. The maximum atomic E-state index is 12.3. The van der Waals surface area contributed by atoms with Gasteiger partial charge in [-0.2, -0.15) is 0 Å². The number of benzene rings is 1. The van der Waals surface area contributed by atoms with Gasteiger partial charge >= 0.3 is 0 Å². The van der Waals surface area contributed by atoms with Crippen molar-refractivity contribution in [3.8, 4) is 11.3 Å². The molecular formula is C17H16ClN3O2S. The van der Waals surface area contributed by atoms with Gasteiger partial charge in [-0.1, -0.05) is 48.4 Å². The number of nitrogens with one attached hydrogen (secondary N) is 1. The van der Waals surface area contributed by atoms with E-state index in [-0.39, 0.29) is 11.7 Å². The number of carbonyl (C=O) groups is 1. The lowest BCUT2D eigenvalue weighted by Crippen LogP contribution is -2.10. The topological polar surface area (TPSA) is 68.0 Å². The Kier molecular flexibility index (Phi) is 5.27. The van der Waals surface area contributed by atoms with Crippen molar-refractivity contribution in [1.29, 1.82) is 0 Å². The molecule has 1 N–H and O–H groups in total. The second-order valence-electron chi connectivity index (χ2n) is 5.20. The van der Waals surface area contributed by atoms with E-state index >= 15 is 0 Å². The Labute approximate surface area is 148 Å². The summed E-state index contributed by atoms with van der Waals surface area (Å²) in [6.45, 7) is 2.12. The number of halogens is 1. The van der Waals surface area contributed by atoms with Crippen LogP contribution in [-0.2, 0) is 6.42 Å². The van der Waals surface area contributed by atoms with E-state index < -0.39 is 0 Å². The highest BCUT2D eigenvalue weighted by molar-refractivity contribution is 7.15. The fourth-order valence-electron chi connectivity index (χ4n) is 2.16. The SMILES string of the molecule is CCCCc1nnc(NC(=O)c2ccc(-c3ccccc3Cl)o2)s1. The van der Waals surface area contributed by atoms with Crippen molar-refractivity contribution >= 4 is 34.0 Å². The van der Waals surface area contributed by atoms with Crippen molar-refractivity contribution in [3.63, 3.8) is 0 Å². The van der Waals surface area contributed by atoms with Gasteiger partial charge in [0.25, 0.3) is 5.91 Å². The highest BCUT2D eigenvalue weighted by atomic mass is 35.5. The van der Waals surface area contributed by atoms with Crippen molar-refractivity contribution < 1.29 is 9.21 Å². The third-order valence-corrected chi connectivity index (χ3v) is 4.63. The second kappa shape index (κ2) is 7.59. The van der Waals surface area contributed by atoms with Crippen molar-refractivity contribution in [2.75, 3.05) is 5.32 Å². The predicted molar refractivity (Wildman–Crippen MR) is 95.6 cm³/mol. The van der Waals surface area contributed by atoms with Crippen LogP contribution in [-0.4, -0.2) is 16.1 Å². The Morgan fingerprint density at radius 2 is 2.08 bits per heavy atom. The number of aryl methyl sites for hydroxylation is 1. The van der Waals surface area contributed by atoms with E-state index in [1.165, 1.54) is 11.3 Å². The molecule has 0 unspecified atom stereocenters. The molecule has 3 aromatic rings. The lowest BCUT2D eigenvalue weighted by molar-refractivity contribution is 0.0997. The minimum Gasteiger partial charge on any atom is -0.451 e. The molecule has 0 saturated carbocycles. The van der Waals surface area contributed by atoms with E-state index in [2.05, 4.69) is 22.4 Å². The maximum Gasteiger partial charge on any atom is 0.293 e. The summed E-state index contributed by atoms with van der Waals surface area (Å²) in [5.74, 6) is 0.397. The number of furan rings is 1. The van der Waals surface area contributed by atoms with Crippen LogP contribution in [0.3, 0.4) is 0 Å². The van der Waals surface area contributed by atoms with E-state index in [1.54, 1.807) is 18.2 Å². The van der Waals surface area contributed by atoms with Gasteiger partial charge in [0.15, 0.2) is 5.76 Å². The smallest absolute Gasteiger partial charge is 0.293 e. The lowest BCUT2D eigenvalue weighted by atomic mass is 10.2. The number of unbranched alkanes of at least 4 members (excludes halogenated alkanes) is 1. The largest absolute Gasteiger partial charge is 0.451 e. The third kappa shape index (κ3) is 3.83. The van der Waals surface area contributed by atoms with Gasteiger partial charge < -0.3 is 4.42 Å². The van der Waals surface area contributed by atoms with Crippen LogP contribution in [0.25, 0.3) is 11.3 Å². The van der Waals surface area contributed by atoms with E-state index in [4.69, 9.17) is 16.0 Å².